The van der Waals surface area contributed by atoms with E-state index in [0.29, 0.717) is 6.42 Å². The minimum absolute atomic E-state index is 0.0541. The van der Waals surface area contributed by atoms with Crippen molar-refractivity contribution < 1.29 is 23.9 Å². The SMILES string of the molecule is CC(C)(C)OC(=O)NC1CCN(C(=O)OC(C)(C)C)C(=O)C1. The van der Waals surface area contributed by atoms with E-state index in [0.717, 1.165) is 4.90 Å². The second-order valence-corrected chi connectivity index (χ2v) is 7.36. The number of carbonyl (C=O) groups is 3. The number of nitrogens with zero attached hydrogens (tertiary/aromatic N) is 1. The van der Waals surface area contributed by atoms with Crippen molar-refractivity contribution >= 4 is 18.1 Å². The van der Waals surface area contributed by atoms with E-state index in [9.17, 15) is 14.4 Å². The van der Waals surface area contributed by atoms with Crippen molar-refractivity contribution in [2.75, 3.05) is 6.54 Å². The Hall–Kier alpha value is -1.79. The normalized spacial score (nSPS) is 19.6. The lowest BCUT2D eigenvalue weighted by atomic mass is 10.1. The summed E-state index contributed by atoms with van der Waals surface area (Å²) < 4.78 is 10.3. The third-order valence-electron chi connectivity index (χ3n) is 2.76. The lowest BCUT2D eigenvalue weighted by molar-refractivity contribution is -0.133. The van der Waals surface area contributed by atoms with Gasteiger partial charge in [0, 0.05) is 19.0 Å². The molecule has 0 aromatic rings. The highest BCUT2D eigenvalue weighted by Crippen LogP contribution is 2.17. The Morgan fingerprint density at radius 1 is 1.09 bits per heavy atom. The third kappa shape index (κ3) is 6.32. The average Bonchev–Trinajstić information content (AvgIpc) is 2.23. The average molecular weight is 314 g/mol. The van der Waals surface area contributed by atoms with Crippen LogP contribution in [0.1, 0.15) is 54.4 Å². The summed E-state index contributed by atoms with van der Waals surface area (Å²) in [6, 6.07) is -0.332. The van der Waals surface area contributed by atoms with Crippen LogP contribution in [0.25, 0.3) is 0 Å². The lowest BCUT2D eigenvalue weighted by Crippen LogP contribution is -2.51. The van der Waals surface area contributed by atoms with Gasteiger partial charge in [-0.25, -0.2) is 14.5 Å². The number of hydrogen-bond donors (Lipinski definition) is 1. The van der Waals surface area contributed by atoms with Crippen molar-refractivity contribution in [1.29, 1.82) is 0 Å². The maximum absolute atomic E-state index is 12.0. The predicted octanol–water partition coefficient (Wildman–Crippen LogP) is 2.44. The number of hydrogen-bond acceptors (Lipinski definition) is 5. The quantitative estimate of drug-likeness (QED) is 0.803. The fraction of sp³-hybridized carbons (Fsp3) is 0.800. The van der Waals surface area contributed by atoms with Crippen LogP contribution in [0, 0.1) is 0 Å². The van der Waals surface area contributed by atoms with Gasteiger partial charge in [0.2, 0.25) is 5.91 Å². The molecule has 1 fully saturated rings. The van der Waals surface area contributed by atoms with Crippen LogP contribution in [0.4, 0.5) is 9.59 Å². The molecule has 7 nitrogen and oxygen atoms in total. The van der Waals surface area contributed by atoms with E-state index in [2.05, 4.69) is 5.32 Å². The number of rotatable bonds is 1. The number of piperidine rings is 1. The summed E-state index contributed by atoms with van der Waals surface area (Å²) in [6.07, 6.45) is -0.674. The Labute approximate surface area is 131 Å². The van der Waals surface area contributed by atoms with Crippen LogP contribution >= 0.6 is 0 Å². The molecule has 0 saturated carbocycles. The van der Waals surface area contributed by atoms with Crippen molar-refractivity contribution in [1.82, 2.24) is 10.2 Å². The summed E-state index contributed by atoms with van der Waals surface area (Å²) in [5, 5.41) is 2.65. The second-order valence-electron chi connectivity index (χ2n) is 7.36. The molecule has 0 radical (unpaired) electrons. The molecule has 1 aliphatic rings. The summed E-state index contributed by atoms with van der Waals surface area (Å²) in [4.78, 5) is 36.7. The van der Waals surface area contributed by atoms with Gasteiger partial charge in [-0.05, 0) is 48.0 Å². The largest absolute Gasteiger partial charge is 0.444 e. The molecule has 22 heavy (non-hydrogen) atoms. The van der Waals surface area contributed by atoms with Crippen molar-refractivity contribution in [3.05, 3.63) is 0 Å². The van der Waals surface area contributed by atoms with Crippen molar-refractivity contribution in [2.45, 2.75) is 71.6 Å². The van der Waals surface area contributed by atoms with Crippen LogP contribution in [0.5, 0.6) is 0 Å². The number of carbonyl (C=O) groups excluding carboxylic acids is 3. The van der Waals surface area contributed by atoms with Crippen LogP contribution in [0.3, 0.4) is 0 Å². The number of alkyl carbamates (subject to hydrolysis) is 1. The molecule has 126 valence electrons. The lowest BCUT2D eigenvalue weighted by Gasteiger charge is -2.32. The van der Waals surface area contributed by atoms with Crippen LogP contribution < -0.4 is 5.32 Å². The van der Waals surface area contributed by atoms with Crippen LogP contribution in [-0.2, 0) is 14.3 Å². The minimum Gasteiger partial charge on any atom is -0.444 e. The maximum atomic E-state index is 12.0. The Morgan fingerprint density at radius 2 is 1.64 bits per heavy atom. The molecule has 1 heterocycles. The molecule has 1 aliphatic heterocycles. The first-order valence-corrected chi connectivity index (χ1v) is 7.40. The van der Waals surface area contributed by atoms with E-state index in [1.54, 1.807) is 41.5 Å². The summed E-state index contributed by atoms with van der Waals surface area (Å²) in [7, 11) is 0. The number of likely N-dealkylation sites (tertiary alicyclic amines) is 1. The highest BCUT2D eigenvalue weighted by Gasteiger charge is 2.34. The second kappa shape index (κ2) is 6.54. The molecule has 1 N–H and O–H groups in total. The zero-order valence-corrected chi connectivity index (χ0v) is 14.2. The van der Waals surface area contributed by atoms with Crippen molar-refractivity contribution in [3.8, 4) is 0 Å². The molecule has 0 spiro atoms. The Kier molecular flexibility index (Phi) is 5.43. The minimum atomic E-state index is -0.650. The van der Waals surface area contributed by atoms with Crippen molar-refractivity contribution in [3.63, 3.8) is 0 Å². The number of nitrogens with one attached hydrogen (secondary N) is 1. The number of imide groups is 1. The highest BCUT2D eigenvalue weighted by molar-refractivity contribution is 5.93. The Morgan fingerprint density at radius 3 is 2.09 bits per heavy atom. The summed E-state index contributed by atoms with van der Waals surface area (Å²) in [5.41, 5.74) is -1.24. The molecule has 1 atom stereocenters. The van der Waals surface area contributed by atoms with Gasteiger partial charge in [0.15, 0.2) is 0 Å². The standard InChI is InChI=1S/C15H26N2O5/c1-14(2,3)21-12(19)16-10-7-8-17(11(18)9-10)13(20)22-15(4,5)6/h10H,7-9H2,1-6H3,(H,16,19). The van der Waals surface area contributed by atoms with E-state index < -0.39 is 23.4 Å². The molecule has 7 heteroatoms. The van der Waals surface area contributed by atoms with E-state index >= 15 is 0 Å². The molecule has 0 aromatic heterocycles. The fourth-order valence-corrected chi connectivity index (χ4v) is 1.94. The van der Waals surface area contributed by atoms with Crippen LogP contribution in [0.2, 0.25) is 0 Å². The molecule has 1 unspecified atom stereocenters. The van der Waals surface area contributed by atoms with Gasteiger partial charge in [-0.3, -0.25) is 4.79 Å². The van der Waals surface area contributed by atoms with Gasteiger partial charge in [0.25, 0.3) is 0 Å². The van der Waals surface area contributed by atoms with E-state index in [-0.39, 0.29) is 24.9 Å². The van der Waals surface area contributed by atoms with Gasteiger partial charge in [-0.2, -0.15) is 0 Å². The Bertz CT molecular complexity index is 448. The number of amides is 3. The van der Waals surface area contributed by atoms with Crippen LogP contribution in [0.15, 0.2) is 0 Å². The van der Waals surface area contributed by atoms with Gasteiger partial charge in [-0.15, -0.1) is 0 Å². The first kappa shape index (κ1) is 18.3. The monoisotopic (exact) mass is 314 g/mol. The molecule has 1 rings (SSSR count). The van der Waals surface area contributed by atoms with Gasteiger partial charge in [0.05, 0.1) is 0 Å². The van der Waals surface area contributed by atoms with E-state index in [1.165, 1.54) is 0 Å². The van der Waals surface area contributed by atoms with E-state index in [1.807, 2.05) is 0 Å². The molecular formula is C15H26N2O5. The molecule has 0 aliphatic carbocycles. The van der Waals surface area contributed by atoms with Gasteiger partial charge < -0.3 is 14.8 Å². The summed E-state index contributed by atoms with van der Waals surface area (Å²) >= 11 is 0. The smallest absolute Gasteiger partial charge is 0.417 e. The molecule has 3 amide bonds. The van der Waals surface area contributed by atoms with Crippen LogP contribution in [-0.4, -0.2) is 46.8 Å². The summed E-state index contributed by atoms with van der Waals surface area (Å²) in [5.74, 6) is -0.360. The Balaban J connectivity index is 2.51. The zero-order chi connectivity index (χ0) is 17.1. The number of ether oxygens (including phenoxy) is 2. The molecule has 0 bridgehead atoms. The van der Waals surface area contributed by atoms with Crippen molar-refractivity contribution in [2.24, 2.45) is 0 Å². The van der Waals surface area contributed by atoms with Gasteiger partial charge >= 0.3 is 12.2 Å². The third-order valence-corrected chi connectivity index (χ3v) is 2.76. The predicted molar refractivity (Wildman–Crippen MR) is 80.3 cm³/mol. The molecule has 0 aromatic carbocycles. The van der Waals surface area contributed by atoms with E-state index in [4.69, 9.17) is 9.47 Å². The molecular weight excluding hydrogens is 288 g/mol. The van der Waals surface area contributed by atoms with Gasteiger partial charge in [-0.1, -0.05) is 0 Å². The first-order valence-electron chi connectivity index (χ1n) is 7.40. The van der Waals surface area contributed by atoms with Gasteiger partial charge in [0.1, 0.15) is 11.2 Å². The summed E-state index contributed by atoms with van der Waals surface area (Å²) in [6.45, 7) is 10.7. The fourth-order valence-electron chi connectivity index (χ4n) is 1.94. The zero-order valence-electron chi connectivity index (χ0n) is 14.2. The first-order chi connectivity index (χ1) is 9.87. The highest BCUT2D eigenvalue weighted by atomic mass is 16.6. The maximum Gasteiger partial charge on any atom is 0.417 e. The topological polar surface area (TPSA) is 84.9 Å². The molecule has 1 saturated heterocycles.